The largest absolute Gasteiger partial charge is 0.497 e. The van der Waals surface area contributed by atoms with Crippen molar-refractivity contribution < 1.29 is 19.1 Å². The molecule has 7 nitrogen and oxygen atoms in total. The van der Waals surface area contributed by atoms with Gasteiger partial charge in [0.25, 0.3) is 5.91 Å². The third kappa shape index (κ3) is 5.77. The Hall–Kier alpha value is -3.78. The Morgan fingerprint density at radius 3 is 2.50 bits per heavy atom. The summed E-state index contributed by atoms with van der Waals surface area (Å²) in [6, 6.07) is 21.6. The molecule has 0 saturated carbocycles. The van der Waals surface area contributed by atoms with E-state index in [2.05, 4.69) is 10.6 Å². The molecule has 4 rings (SSSR count). The minimum Gasteiger partial charge on any atom is -0.497 e. The molecule has 0 atom stereocenters. The van der Waals surface area contributed by atoms with Crippen LogP contribution in [0.3, 0.4) is 0 Å². The molecule has 3 aromatic rings. The molecule has 1 fully saturated rings. The Balaban J connectivity index is 1.37. The van der Waals surface area contributed by atoms with Crippen molar-refractivity contribution in [2.75, 3.05) is 34.9 Å². The molecule has 3 amide bonds. The SMILES string of the molecule is COc1cccc(NC(=O)CSc2ccccc2C(=O)Nc2ccc(N3CCCC3=O)cc2)c1. The van der Waals surface area contributed by atoms with E-state index in [4.69, 9.17) is 4.74 Å². The molecule has 174 valence electrons. The second kappa shape index (κ2) is 10.9. The van der Waals surface area contributed by atoms with Crippen molar-refractivity contribution in [2.45, 2.75) is 17.7 Å². The van der Waals surface area contributed by atoms with Crippen LogP contribution >= 0.6 is 11.8 Å². The normalized spacial score (nSPS) is 13.0. The van der Waals surface area contributed by atoms with Gasteiger partial charge in [0, 0.05) is 41.0 Å². The number of amides is 3. The second-order valence-corrected chi connectivity index (χ2v) is 8.73. The maximum absolute atomic E-state index is 12.9. The summed E-state index contributed by atoms with van der Waals surface area (Å²) in [5.41, 5.74) is 2.60. The lowest BCUT2D eigenvalue weighted by atomic mass is 10.2. The highest BCUT2D eigenvalue weighted by atomic mass is 32.2. The molecule has 8 heteroatoms. The van der Waals surface area contributed by atoms with E-state index in [0.717, 1.165) is 18.7 Å². The predicted molar refractivity (Wildman–Crippen MR) is 135 cm³/mol. The van der Waals surface area contributed by atoms with Crippen LogP contribution in [0.5, 0.6) is 5.75 Å². The van der Waals surface area contributed by atoms with Crippen LogP contribution in [0.15, 0.2) is 77.7 Å². The zero-order chi connectivity index (χ0) is 23.9. The number of rotatable bonds is 8. The lowest BCUT2D eigenvalue weighted by molar-refractivity contribution is -0.117. The minimum absolute atomic E-state index is 0.123. The molecule has 1 saturated heterocycles. The fourth-order valence-electron chi connectivity index (χ4n) is 3.67. The first-order chi connectivity index (χ1) is 16.5. The number of ether oxygens (including phenoxy) is 1. The number of nitrogens with zero attached hydrogens (tertiary/aromatic N) is 1. The molecule has 0 bridgehead atoms. The fraction of sp³-hybridized carbons (Fsp3) is 0.192. The van der Waals surface area contributed by atoms with Crippen molar-refractivity contribution in [2.24, 2.45) is 0 Å². The average Bonchev–Trinajstić information content (AvgIpc) is 3.29. The Bertz CT molecular complexity index is 1200. The van der Waals surface area contributed by atoms with E-state index in [1.165, 1.54) is 11.8 Å². The van der Waals surface area contributed by atoms with Crippen LogP contribution in [0.1, 0.15) is 23.2 Å². The molecular weight excluding hydrogens is 450 g/mol. The quantitative estimate of drug-likeness (QED) is 0.457. The van der Waals surface area contributed by atoms with E-state index in [1.807, 2.05) is 24.3 Å². The van der Waals surface area contributed by atoms with E-state index in [9.17, 15) is 14.4 Å². The molecule has 0 spiro atoms. The minimum atomic E-state index is -0.263. The number of anilines is 3. The Kier molecular flexibility index (Phi) is 7.49. The van der Waals surface area contributed by atoms with Crippen LogP contribution in [0.2, 0.25) is 0 Å². The molecule has 1 heterocycles. The molecule has 34 heavy (non-hydrogen) atoms. The summed E-state index contributed by atoms with van der Waals surface area (Å²) in [7, 11) is 1.57. The van der Waals surface area contributed by atoms with Gasteiger partial charge in [-0.3, -0.25) is 14.4 Å². The van der Waals surface area contributed by atoms with Gasteiger partial charge in [0.15, 0.2) is 0 Å². The first kappa shape index (κ1) is 23.4. The van der Waals surface area contributed by atoms with Gasteiger partial charge in [0.05, 0.1) is 18.4 Å². The van der Waals surface area contributed by atoms with Gasteiger partial charge in [-0.2, -0.15) is 0 Å². The maximum atomic E-state index is 12.9. The number of methoxy groups -OCH3 is 1. The second-order valence-electron chi connectivity index (χ2n) is 7.71. The monoisotopic (exact) mass is 475 g/mol. The van der Waals surface area contributed by atoms with E-state index in [-0.39, 0.29) is 23.5 Å². The van der Waals surface area contributed by atoms with Gasteiger partial charge in [-0.25, -0.2) is 0 Å². The Morgan fingerprint density at radius 2 is 1.76 bits per heavy atom. The molecule has 3 aromatic carbocycles. The van der Waals surface area contributed by atoms with Crippen LogP contribution in [-0.2, 0) is 9.59 Å². The predicted octanol–water partition coefficient (Wildman–Crippen LogP) is 4.81. The molecule has 1 aliphatic heterocycles. The summed E-state index contributed by atoms with van der Waals surface area (Å²) in [6.45, 7) is 0.723. The number of hydrogen-bond donors (Lipinski definition) is 2. The van der Waals surface area contributed by atoms with Crippen LogP contribution in [0.4, 0.5) is 17.1 Å². The van der Waals surface area contributed by atoms with Crippen molar-refractivity contribution in [3.63, 3.8) is 0 Å². The van der Waals surface area contributed by atoms with Crippen molar-refractivity contribution in [1.82, 2.24) is 0 Å². The highest BCUT2D eigenvalue weighted by molar-refractivity contribution is 8.00. The van der Waals surface area contributed by atoms with Crippen molar-refractivity contribution in [3.05, 3.63) is 78.4 Å². The highest BCUT2D eigenvalue weighted by Crippen LogP contribution is 2.26. The van der Waals surface area contributed by atoms with Crippen molar-refractivity contribution in [1.29, 1.82) is 0 Å². The van der Waals surface area contributed by atoms with E-state index in [1.54, 1.807) is 60.5 Å². The molecule has 2 N–H and O–H groups in total. The molecule has 0 radical (unpaired) electrons. The number of thioether (sulfide) groups is 1. The molecular formula is C26H25N3O4S. The zero-order valence-electron chi connectivity index (χ0n) is 18.7. The van der Waals surface area contributed by atoms with Crippen LogP contribution in [0.25, 0.3) is 0 Å². The Morgan fingerprint density at radius 1 is 0.971 bits per heavy atom. The lowest BCUT2D eigenvalue weighted by Crippen LogP contribution is -2.23. The summed E-state index contributed by atoms with van der Waals surface area (Å²) in [5, 5.41) is 5.74. The van der Waals surface area contributed by atoms with Gasteiger partial charge in [-0.1, -0.05) is 18.2 Å². The smallest absolute Gasteiger partial charge is 0.256 e. The standard InChI is InChI=1S/C26H25N3O4S/c1-33-21-7-4-6-19(16-21)27-24(30)17-34-23-9-3-2-8-22(23)26(32)28-18-11-13-20(14-12-18)29-15-5-10-25(29)31/h2-4,6-9,11-14,16H,5,10,15,17H2,1H3,(H,27,30)(H,28,32). The number of nitrogens with one attached hydrogen (secondary N) is 2. The Labute approximate surface area is 202 Å². The first-order valence-corrected chi connectivity index (χ1v) is 11.9. The van der Waals surface area contributed by atoms with Gasteiger partial charge in [0.1, 0.15) is 5.75 Å². The number of carbonyl (C=O) groups is 3. The summed E-state index contributed by atoms with van der Waals surface area (Å²) < 4.78 is 5.18. The zero-order valence-corrected chi connectivity index (χ0v) is 19.6. The molecule has 0 aliphatic carbocycles. The van der Waals surface area contributed by atoms with Gasteiger partial charge < -0.3 is 20.3 Å². The third-order valence-electron chi connectivity index (χ3n) is 5.35. The topological polar surface area (TPSA) is 87.7 Å². The molecule has 0 unspecified atom stereocenters. The van der Waals surface area contributed by atoms with Crippen molar-refractivity contribution >= 4 is 46.5 Å². The number of hydrogen-bond acceptors (Lipinski definition) is 5. The van der Waals surface area contributed by atoms with E-state index in [0.29, 0.717) is 34.0 Å². The maximum Gasteiger partial charge on any atom is 0.256 e. The third-order valence-corrected chi connectivity index (χ3v) is 6.43. The van der Waals surface area contributed by atoms with Crippen LogP contribution in [0, 0.1) is 0 Å². The summed E-state index contributed by atoms with van der Waals surface area (Å²) >= 11 is 1.29. The van der Waals surface area contributed by atoms with Crippen LogP contribution < -0.4 is 20.3 Å². The molecule has 1 aliphatic rings. The highest BCUT2D eigenvalue weighted by Gasteiger charge is 2.21. The summed E-state index contributed by atoms with van der Waals surface area (Å²) in [5.74, 6) is 0.493. The van der Waals surface area contributed by atoms with Crippen LogP contribution in [-0.4, -0.2) is 37.1 Å². The van der Waals surface area contributed by atoms with E-state index >= 15 is 0 Å². The van der Waals surface area contributed by atoms with Gasteiger partial charge in [0.2, 0.25) is 11.8 Å². The average molecular weight is 476 g/mol. The van der Waals surface area contributed by atoms with Gasteiger partial charge in [-0.05, 0) is 55.0 Å². The van der Waals surface area contributed by atoms with E-state index < -0.39 is 0 Å². The summed E-state index contributed by atoms with van der Waals surface area (Å²) in [6.07, 6.45) is 1.44. The summed E-state index contributed by atoms with van der Waals surface area (Å²) in [4.78, 5) is 39.7. The lowest BCUT2D eigenvalue weighted by Gasteiger charge is -2.16. The molecule has 0 aromatic heterocycles. The first-order valence-electron chi connectivity index (χ1n) is 10.9. The van der Waals surface area contributed by atoms with Crippen molar-refractivity contribution in [3.8, 4) is 5.75 Å². The number of benzene rings is 3. The van der Waals surface area contributed by atoms with Gasteiger partial charge >= 0.3 is 0 Å². The fourth-order valence-corrected chi connectivity index (χ4v) is 4.52. The number of carbonyl (C=O) groups excluding carboxylic acids is 3. The van der Waals surface area contributed by atoms with Gasteiger partial charge in [-0.15, -0.1) is 11.8 Å².